The van der Waals surface area contributed by atoms with E-state index < -0.39 is 35.1 Å². The molecule has 0 radical (unpaired) electrons. The number of hydrogen-bond donors (Lipinski definition) is 1. The highest BCUT2D eigenvalue weighted by Crippen LogP contribution is 2.29. The molecule has 1 aliphatic rings. The maximum Gasteiger partial charge on any atom is 0.335 e. The molecule has 0 atom stereocenters. The van der Waals surface area contributed by atoms with Crippen molar-refractivity contribution in [2.75, 3.05) is 0 Å². The lowest BCUT2D eigenvalue weighted by Crippen LogP contribution is -2.40. The number of aromatic nitrogens is 2. The fourth-order valence-electron chi connectivity index (χ4n) is 3.70. The van der Waals surface area contributed by atoms with Crippen molar-refractivity contribution in [3.8, 4) is 0 Å². The summed E-state index contributed by atoms with van der Waals surface area (Å²) in [4.78, 5) is 49.6. The Morgan fingerprint density at radius 2 is 1.76 bits per heavy atom. The molecule has 1 N–H and O–H groups in total. The molecule has 1 aromatic heterocycles. The Morgan fingerprint density at radius 3 is 2.31 bits per heavy atom. The second-order valence-electron chi connectivity index (χ2n) is 6.94. The van der Waals surface area contributed by atoms with Crippen molar-refractivity contribution in [1.82, 2.24) is 9.13 Å². The quantitative estimate of drug-likeness (QED) is 0.478. The zero-order valence-corrected chi connectivity index (χ0v) is 16.0. The van der Waals surface area contributed by atoms with Crippen LogP contribution in [0.4, 0.5) is 8.78 Å². The monoisotopic (exact) mass is 406 g/mol. The lowest BCUT2D eigenvalue weighted by molar-refractivity contribution is -0.123. The largest absolute Gasteiger partial charge is 0.506 e. The zero-order chi connectivity index (χ0) is 21.5. The average molecular weight is 406 g/mol. The number of aliphatic hydroxyl groups excluding tert-OH is 1. The maximum absolute atomic E-state index is 13.6. The molecular formula is C20H20F2N2O5. The minimum atomic E-state index is -3.17. The van der Waals surface area contributed by atoms with Gasteiger partial charge in [0.05, 0.1) is 10.9 Å². The maximum atomic E-state index is 13.6. The first-order valence-electron chi connectivity index (χ1n) is 9.27. The van der Waals surface area contributed by atoms with Crippen LogP contribution in [-0.2, 0) is 16.1 Å². The molecule has 0 unspecified atom stereocenters. The summed E-state index contributed by atoms with van der Waals surface area (Å²) in [7, 11) is 0. The van der Waals surface area contributed by atoms with Crippen molar-refractivity contribution in [2.24, 2.45) is 0 Å². The van der Waals surface area contributed by atoms with Crippen LogP contribution in [0.1, 0.15) is 50.3 Å². The van der Waals surface area contributed by atoms with Gasteiger partial charge in [-0.2, -0.15) is 8.78 Å². The Balaban J connectivity index is 2.41. The third-order valence-electron chi connectivity index (χ3n) is 5.10. The van der Waals surface area contributed by atoms with Gasteiger partial charge in [0.25, 0.3) is 5.56 Å². The third kappa shape index (κ3) is 3.30. The van der Waals surface area contributed by atoms with Crippen molar-refractivity contribution in [2.45, 2.75) is 52.6 Å². The predicted molar refractivity (Wildman–Crippen MR) is 102 cm³/mol. The molecule has 154 valence electrons. The highest BCUT2D eigenvalue weighted by atomic mass is 19.3. The predicted octanol–water partition coefficient (Wildman–Crippen LogP) is 2.87. The third-order valence-corrected chi connectivity index (χ3v) is 5.10. The van der Waals surface area contributed by atoms with Crippen molar-refractivity contribution in [1.29, 1.82) is 0 Å². The molecule has 0 saturated heterocycles. The second kappa shape index (κ2) is 7.73. The Bertz CT molecular complexity index is 1160. The topological polar surface area (TPSA) is 98.4 Å². The molecule has 1 saturated carbocycles. The number of carbonyl (C=O) groups excluding carboxylic acids is 2. The van der Waals surface area contributed by atoms with Crippen LogP contribution < -0.4 is 11.2 Å². The number of allylic oxidation sites excluding steroid dienone is 1. The lowest BCUT2D eigenvalue weighted by atomic mass is 9.88. The second-order valence-corrected chi connectivity index (χ2v) is 6.94. The molecule has 1 heterocycles. The number of hydrogen-bond acceptors (Lipinski definition) is 5. The summed E-state index contributed by atoms with van der Waals surface area (Å²) in [5.41, 5.74) is -2.36. The van der Waals surface area contributed by atoms with E-state index in [1.165, 1.54) is 13.0 Å². The first-order chi connectivity index (χ1) is 13.7. The van der Waals surface area contributed by atoms with Gasteiger partial charge < -0.3 is 5.11 Å². The minimum Gasteiger partial charge on any atom is -0.506 e. The number of halogens is 2. The number of nitrogens with zero attached hydrogens (tertiary/aromatic N) is 2. The van der Waals surface area contributed by atoms with Gasteiger partial charge in [-0.1, -0.05) is 6.92 Å². The van der Waals surface area contributed by atoms with E-state index in [9.17, 15) is 33.1 Å². The molecule has 0 aliphatic heterocycles. The van der Waals surface area contributed by atoms with Crippen LogP contribution in [0, 0.1) is 6.92 Å². The van der Waals surface area contributed by atoms with Crippen LogP contribution in [0.15, 0.2) is 27.3 Å². The minimum absolute atomic E-state index is 0.0238. The van der Waals surface area contributed by atoms with E-state index in [4.69, 9.17) is 0 Å². The summed E-state index contributed by atoms with van der Waals surface area (Å²) in [6, 6.07) is 2.36. The summed E-state index contributed by atoms with van der Waals surface area (Å²) >= 11 is 0. The Hall–Kier alpha value is -3.10. The van der Waals surface area contributed by atoms with E-state index in [1.807, 2.05) is 0 Å². The molecule has 1 aliphatic carbocycles. The molecule has 7 nitrogen and oxygen atoms in total. The number of ketones is 2. The molecule has 2 aromatic rings. The summed E-state index contributed by atoms with van der Waals surface area (Å²) in [5, 5.41) is 10.5. The molecule has 1 fully saturated rings. The Kier molecular flexibility index (Phi) is 5.50. The summed E-state index contributed by atoms with van der Waals surface area (Å²) in [6.07, 6.45) is 1.01. The molecule has 3 rings (SSSR count). The van der Waals surface area contributed by atoms with E-state index >= 15 is 0 Å². The van der Waals surface area contributed by atoms with Crippen LogP contribution in [-0.4, -0.2) is 25.8 Å². The van der Waals surface area contributed by atoms with Gasteiger partial charge in [0, 0.05) is 24.9 Å². The average Bonchev–Trinajstić information content (AvgIpc) is 2.64. The fourth-order valence-corrected chi connectivity index (χ4v) is 3.70. The number of Topliss-reactive ketones (excluding diaryl/α,β-unsaturated/α-hetero) is 2. The molecule has 1 aromatic carbocycles. The first-order valence-corrected chi connectivity index (χ1v) is 9.27. The van der Waals surface area contributed by atoms with Gasteiger partial charge in [0.2, 0.25) is 0 Å². The number of carbonyl (C=O) groups is 2. The standard InChI is InChI=1S/C20H20F2N2O5/c1-3-9-23-18(28)15-10(2)11(7-8-12(15)24(19(21)22)20(23)29)17(27)16-13(25)5-4-6-14(16)26/h7-8,19,27H,3-6,9H2,1-2H3. The van der Waals surface area contributed by atoms with E-state index in [0.717, 1.165) is 10.6 Å². The summed E-state index contributed by atoms with van der Waals surface area (Å²) in [5.74, 6) is -1.58. The van der Waals surface area contributed by atoms with Crippen LogP contribution >= 0.6 is 0 Å². The van der Waals surface area contributed by atoms with E-state index in [-0.39, 0.29) is 51.6 Å². The highest BCUT2D eigenvalue weighted by molar-refractivity contribution is 6.25. The van der Waals surface area contributed by atoms with Gasteiger partial charge >= 0.3 is 12.2 Å². The SMILES string of the molecule is CCCn1c(=O)c2c(C)c(C(O)=C3C(=O)CCCC3=O)ccc2n(C(F)F)c1=O. The van der Waals surface area contributed by atoms with Gasteiger partial charge in [0.15, 0.2) is 11.6 Å². The smallest absolute Gasteiger partial charge is 0.335 e. The zero-order valence-electron chi connectivity index (χ0n) is 16.0. The lowest BCUT2D eigenvalue weighted by Gasteiger charge is -2.18. The van der Waals surface area contributed by atoms with Crippen molar-refractivity contribution >= 4 is 28.2 Å². The molecular weight excluding hydrogens is 386 g/mol. The normalized spacial score (nSPS) is 14.9. The van der Waals surface area contributed by atoms with Crippen molar-refractivity contribution in [3.63, 3.8) is 0 Å². The van der Waals surface area contributed by atoms with Crippen LogP contribution in [0.3, 0.4) is 0 Å². The fraction of sp³-hybridized carbons (Fsp3) is 0.400. The van der Waals surface area contributed by atoms with Gasteiger partial charge in [0.1, 0.15) is 11.3 Å². The molecule has 0 bridgehead atoms. The number of benzene rings is 1. The van der Waals surface area contributed by atoms with Crippen molar-refractivity contribution in [3.05, 3.63) is 49.7 Å². The number of rotatable bonds is 4. The Labute approximate surface area is 163 Å². The van der Waals surface area contributed by atoms with Gasteiger partial charge in [-0.25, -0.2) is 9.36 Å². The summed E-state index contributed by atoms with van der Waals surface area (Å²) < 4.78 is 28.1. The Morgan fingerprint density at radius 1 is 1.14 bits per heavy atom. The summed E-state index contributed by atoms with van der Waals surface area (Å²) in [6.45, 7) is -0.103. The van der Waals surface area contributed by atoms with Crippen LogP contribution in [0.5, 0.6) is 0 Å². The van der Waals surface area contributed by atoms with Crippen LogP contribution in [0.25, 0.3) is 16.7 Å². The van der Waals surface area contributed by atoms with Crippen LogP contribution in [0.2, 0.25) is 0 Å². The van der Waals surface area contributed by atoms with E-state index in [0.29, 0.717) is 12.8 Å². The molecule has 29 heavy (non-hydrogen) atoms. The van der Waals surface area contributed by atoms with Gasteiger partial charge in [-0.15, -0.1) is 0 Å². The molecule has 0 spiro atoms. The number of aryl methyl sites for hydroxylation is 1. The molecule has 0 amide bonds. The highest BCUT2D eigenvalue weighted by Gasteiger charge is 2.29. The van der Waals surface area contributed by atoms with Gasteiger partial charge in [-0.3, -0.25) is 19.0 Å². The first kappa shape index (κ1) is 20.6. The number of aliphatic hydroxyl groups is 1. The number of alkyl halides is 2. The van der Waals surface area contributed by atoms with E-state index in [1.54, 1.807) is 6.92 Å². The molecule has 9 heteroatoms. The van der Waals surface area contributed by atoms with Gasteiger partial charge in [-0.05, 0) is 37.5 Å². The van der Waals surface area contributed by atoms with E-state index in [2.05, 4.69) is 0 Å². The van der Waals surface area contributed by atoms with Crippen molar-refractivity contribution < 1.29 is 23.5 Å². The number of fused-ring (bicyclic) bond motifs is 1.